The molecule has 30 heavy (non-hydrogen) atoms. The molecular formula is C22H23ClN4O2S. The van der Waals surface area contributed by atoms with Crippen LogP contribution in [-0.2, 0) is 17.6 Å². The van der Waals surface area contributed by atoms with Crippen molar-refractivity contribution in [3.8, 4) is 0 Å². The van der Waals surface area contributed by atoms with Gasteiger partial charge in [0, 0.05) is 30.1 Å². The van der Waals surface area contributed by atoms with E-state index in [1.807, 2.05) is 18.2 Å². The number of rotatable bonds is 10. The van der Waals surface area contributed by atoms with E-state index in [9.17, 15) is 9.59 Å². The number of amides is 2. The van der Waals surface area contributed by atoms with Gasteiger partial charge >= 0.3 is 0 Å². The maximum atomic E-state index is 12.3. The molecular weight excluding hydrogens is 420 g/mol. The first-order valence-corrected chi connectivity index (χ1v) is 11.0. The number of halogens is 1. The lowest BCUT2D eigenvalue weighted by Gasteiger charge is -2.05. The maximum absolute atomic E-state index is 12.3. The quantitative estimate of drug-likeness (QED) is 0.452. The van der Waals surface area contributed by atoms with Crippen molar-refractivity contribution in [3.05, 3.63) is 75.2 Å². The van der Waals surface area contributed by atoms with Crippen molar-refractivity contribution in [2.75, 3.05) is 11.9 Å². The number of hydrogen-bond donors (Lipinski definition) is 2. The van der Waals surface area contributed by atoms with Crippen LogP contribution >= 0.6 is 22.9 Å². The van der Waals surface area contributed by atoms with Crippen LogP contribution in [0.4, 0.5) is 5.69 Å². The molecule has 2 N–H and O–H groups in total. The van der Waals surface area contributed by atoms with Crippen LogP contribution in [0.2, 0.25) is 5.02 Å². The molecule has 0 saturated carbocycles. The fourth-order valence-corrected chi connectivity index (χ4v) is 3.82. The van der Waals surface area contributed by atoms with Crippen LogP contribution in [0.25, 0.3) is 0 Å². The van der Waals surface area contributed by atoms with E-state index in [1.54, 1.807) is 24.3 Å². The van der Waals surface area contributed by atoms with Gasteiger partial charge in [-0.15, -0.1) is 10.2 Å². The molecule has 0 aliphatic rings. The number of hydrogen-bond acceptors (Lipinski definition) is 5. The third kappa shape index (κ3) is 7.24. The van der Waals surface area contributed by atoms with Gasteiger partial charge in [-0.1, -0.05) is 59.3 Å². The van der Waals surface area contributed by atoms with E-state index in [2.05, 4.69) is 33.0 Å². The third-order valence-corrected chi connectivity index (χ3v) is 5.56. The highest BCUT2D eigenvalue weighted by atomic mass is 35.5. The Morgan fingerprint density at radius 3 is 2.60 bits per heavy atom. The first-order valence-electron chi connectivity index (χ1n) is 9.80. The van der Waals surface area contributed by atoms with Crippen molar-refractivity contribution >= 4 is 40.4 Å². The lowest BCUT2D eigenvalue weighted by Crippen LogP contribution is -2.24. The maximum Gasteiger partial charge on any atom is 0.286 e. The highest BCUT2D eigenvalue weighted by molar-refractivity contribution is 7.13. The molecule has 1 aromatic heterocycles. The Bertz CT molecular complexity index is 978. The second-order valence-corrected chi connectivity index (χ2v) is 8.26. The van der Waals surface area contributed by atoms with Crippen molar-refractivity contribution in [1.29, 1.82) is 0 Å². The number of aromatic nitrogens is 2. The largest absolute Gasteiger partial charge is 0.356 e. The van der Waals surface area contributed by atoms with E-state index >= 15 is 0 Å². The Morgan fingerprint density at radius 1 is 0.967 bits per heavy atom. The lowest BCUT2D eigenvalue weighted by molar-refractivity contribution is -0.121. The molecule has 8 heteroatoms. The van der Waals surface area contributed by atoms with Gasteiger partial charge in [0.1, 0.15) is 5.01 Å². The molecule has 2 amide bonds. The first kappa shape index (κ1) is 21.9. The van der Waals surface area contributed by atoms with Crippen molar-refractivity contribution in [2.24, 2.45) is 0 Å². The van der Waals surface area contributed by atoms with E-state index in [0.717, 1.165) is 17.8 Å². The molecule has 0 aliphatic heterocycles. The van der Waals surface area contributed by atoms with Gasteiger partial charge in [-0.2, -0.15) is 0 Å². The molecule has 0 aliphatic carbocycles. The Kier molecular flexibility index (Phi) is 8.35. The molecule has 0 atom stereocenters. The van der Waals surface area contributed by atoms with Crippen LogP contribution < -0.4 is 10.6 Å². The molecule has 0 fully saturated rings. The number of aryl methyl sites for hydroxylation is 2. The van der Waals surface area contributed by atoms with Crippen molar-refractivity contribution in [3.63, 3.8) is 0 Å². The van der Waals surface area contributed by atoms with Crippen LogP contribution in [0.15, 0.2) is 54.6 Å². The van der Waals surface area contributed by atoms with E-state index in [-0.39, 0.29) is 16.8 Å². The van der Waals surface area contributed by atoms with Gasteiger partial charge in [0.25, 0.3) is 5.91 Å². The topological polar surface area (TPSA) is 84.0 Å². The van der Waals surface area contributed by atoms with Crippen molar-refractivity contribution in [2.45, 2.75) is 32.1 Å². The number of carbonyl (C=O) groups is 2. The fraction of sp³-hybridized carbons (Fsp3) is 0.273. The first-order chi connectivity index (χ1) is 14.6. The zero-order chi connectivity index (χ0) is 21.2. The lowest BCUT2D eigenvalue weighted by atomic mass is 10.1. The molecule has 156 valence electrons. The number of benzene rings is 2. The van der Waals surface area contributed by atoms with Crippen LogP contribution in [0, 0.1) is 0 Å². The van der Waals surface area contributed by atoms with E-state index in [1.165, 1.54) is 16.9 Å². The summed E-state index contributed by atoms with van der Waals surface area (Å²) < 4.78 is 0. The van der Waals surface area contributed by atoms with Crippen molar-refractivity contribution < 1.29 is 9.59 Å². The molecule has 3 aromatic rings. The molecule has 0 unspecified atom stereocenters. The normalized spacial score (nSPS) is 10.6. The monoisotopic (exact) mass is 442 g/mol. The predicted molar refractivity (Wildman–Crippen MR) is 120 cm³/mol. The Hall–Kier alpha value is -2.77. The molecule has 2 aromatic carbocycles. The number of carbonyl (C=O) groups excluding carboxylic acids is 2. The van der Waals surface area contributed by atoms with Gasteiger partial charge in [-0.05, 0) is 43.0 Å². The Balaban J connectivity index is 1.33. The molecule has 0 spiro atoms. The molecule has 1 heterocycles. The standard InChI is InChI=1S/C22H23ClN4O2S/c23-17-10-4-11-18(15-17)25-21(29)22-27-26-20(30-22)13-5-12-19(28)24-14-6-9-16-7-2-1-3-8-16/h1-4,7-8,10-11,15H,5-6,9,12-14H2,(H,24,28)(H,25,29). The zero-order valence-electron chi connectivity index (χ0n) is 16.4. The minimum absolute atomic E-state index is 0.0338. The van der Waals surface area contributed by atoms with Crippen molar-refractivity contribution in [1.82, 2.24) is 15.5 Å². The summed E-state index contributed by atoms with van der Waals surface area (Å²) >= 11 is 7.16. The average molecular weight is 443 g/mol. The smallest absolute Gasteiger partial charge is 0.286 e. The summed E-state index contributed by atoms with van der Waals surface area (Å²) in [5.41, 5.74) is 1.88. The second-order valence-electron chi connectivity index (χ2n) is 6.76. The molecule has 0 bridgehead atoms. The highest BCUT2D eigenvalue weighted by Gasteiger charge is 2.13. The van der Waals surface area contributed by atoms with E-state index in [0.29, 0.717) is 36.5 Å². The number of nitrogens with zero attached hydrogens (tertiary/aromatic N) is 2. The van der Waals surface area contributed by atoms with Gasteiger partial charge in [-0.25, -0.2) is 0 Å². The summed E-state index contributed by atoms with van der Waals surface area (Å²) in [5, 5.41) is 15.3. The summed E-state index contributed by atoms with van der Waals surface area (Å²) in [4.78, 5) is 24.2. The van der Waals surface area contributed by atoms with Crippen LogP contribution in [-0.4, -0.2) is 28.6 Å². The number of nitrogens with one attached hydrogen (secondary N) is 2. The summed E-state index contributed by atoms with van der Waals surface area (Å²) in [7, 11) is 0. The van der Waals surface area contributed by atoms with E-state index < -0.39 is 0 Å². The fourth-order valence-electron chi connectivity index (χ4n) is 2.85. The van der Waals surface area contributed by atoms with Gasteiger partial charge in [0.15, 0.2) is 0 Å². The Labute approximate surface area is 184 Å². The zero-order valence-corrected chi connectivity index (χ0v) is 18.0. The summed E-state index contributed by atoms with van der Waals surface area (Å²) in [6, 6.07) is 17.1. The van der Waals surface area contributed by atoms with Crippen LogP contribution in [0.1, 0.15) is 39.6 Å². The van der Waals surface area contributed by atoms with Gasteiger partial charge in [-0.3, -0.25) is 9.59 Å². The molecule has 3 rings (SSSR count). The van der Waals surface area contributed by atoms with E-state index in [4.69, 9.17) is 11.6 Å². The average Bonchev–Trinajstić information content (AvgIpc) is 3.21. The van der Waals surface area contributed by atoms with Gasteiger partial charge in [0.2, 0.25) is 10.9 Å². The van der Waals surface area contributed by atoms with Gasteiger partial charge in [0.05, 0.1) is 0 Å². The molecule has 6 nitrogen and oxygen atoms in total. The molecule has 0 radical (unpaired) electrons. The predicted octanol–water partition coefficient (Wildman–Crippen LogP) is 4.52. The minimum Gasteiger partial charge on any atom is -0.356 e. The second kappa shape index (κ2) is 11.4. The summed E-state index contributed by atoms with van der Waals surface area (Å²) in [6.45, 7) is 0.667. The highest BCUT2D eigenvalue weighted by Crippen LogP contribution is 2.18. The Morgan fingerprint density at radius 2 is 1.80 bits per heavy atom. The molecule has 0 saturated heterocycles. The van der Waals surface area contributed by atoms with Crippen LogP contribution in [0.3, 0.4) is 0 Å². The SMILES string of the molecule is O=C(CCCc1nnc(C(=O)Nc2cccc(Cl)c2)s1)NCCCc1ccccc1. The summed E-state index contributed by atoms with van der Waals surface area (Å²) in [5.74, 6) is -0.288. The summed E-state index contributed by atoms with van der Waals surface area (Å²) in [6.07, 6.45) is 3.56. The number of anilines is 1. The van der Waals surface area contributed by atoms with Gasteiger partial charge < -0.3 is 10.6 Å². The third-order valence-electron chi connectivity index (χ3n) is 4.35. The minimum atomic E-state index is -0.322. The van der Waals surface area contributed by atoms with Crippen LogP contribution in [0.5, 0.6) is 0 Å².